The van der Waals surface area contributed by atoms with Crippen LogP contribution in [0.5, 0.6) is 11.5 Å². The topological polar surface area (TPSA) is 52.6 Å². The fourth-order valence-electron chi connectivity index (χ4n) is 2.98. The van der Waals surface area contributed by atoms with Crippen molar-refractivity contribution in [1.29, 1.82) is 0 Å². The lowest BCUT2D eigenvalue weighted by molar-refractivity contribution is 0.0733. The van der Waals surface area contributed by atoms with Gasteiger partial charge in [-0.3, -0.25) is 4.79 Å². The molecule has 7 heteroatoms. The highest BCUT2D eigenvalue weighted by molar-refractivity contribution is 9.10. The van der Waals surface area contributed by atoms with Crippen molar-refractivity contribution in [3.05, 3.63) is 97.1 Å². The standard InChI is InChI=1S/C23H13BrCl2O4/c1-12-19(30-23(28)13-2-5-15(24)6-3-13)9-8-17-21(27)20(29-22(12)17)10-14-4-7-16(25)11-18(14)26/h2-11H,1H3/b20-10-. The second-order valence-corrected chi connectivity index (χ2v) is 8.33. The van der Waals surface area contributed by atoms with Crippen molar-refractivity contribution in [2.45, 2.75) is 6.92 Å². The minimum atomic E-state index is -0.501. The predicted molar refractivity (Wildman–Crippen MR) is 120 cm³/mol. The molecule has 1 aliphatic rings. The Morgan fingerprint density at radius 1 is 1.07 bits per heavy atom. The van der Waals surface area contributed by atoms with Crippen molar-refractivity contribution in [3.63, 3.8) is 0 Å². The Bertz CT molecular complexity index is 1220. The summed E-state index contributed by atoms with van der Waals surface area (Å²) in [6.07, 6.45) is 1.56. The molecular weight excluding hydrogens is 491 g/mol. The number of fused-ring (bicyclic) bond motifs is 1. The number of halogens is 3. The van der Waals surface area contributed by atoms with Crippen molar-refractivity contribution in [2.75, 3.05) is 0 Å². The van der Waals surface area contributed by atoms with Gasteiger partial charge in [-0.25, -0.2) is 4.79 Å². The van der Waals surface area contributed by atoms with Gasteiger partial charge < -0.3 is 9.47 Å². The van der Waals surface area contributed by atoms with Crippen LogP contribution in [0.1, 0.15) is 31.8 Å². The Balaban J connectivity index is 1.62. The Morgan fingerprint density at radius 2 is 1.80 bits per heavy atom. The van der Waals surface area contributed by atoms with Gasteiger partial charge in [-0.2, -0.15) is 0 Å². The van der Waals surface area contributed by atoms with Crippen molar-refractivity contribution < 1.29 is 19.1 Å². The monoisotopic (exact) mass is 502 g/mol. The van der Waals surface area contributed by atoms with E-state index in [0.717, 1.165) is 4.47 Å². The number of benzene rings is 3. The maximum absolute atomic E-state index is 12.7. The summed E-state index contributed by atoms with van der Waals surface area (Å²) in [5.41, 5.74) is 1.97. The van der Waals surface area contributed by atoms with Crippen LogP contribution in [-0.2, 0) is 0 Å². The van der Waals surface area contributed by atoms with Crippen LogP contribution in [0.4, 0.5) is 0 Å². The number of carbonyl (C=O) groups excluding carboxylic acids is 2. The van der Waals surface area contributed by atoms with Gasteiger partial charge in [0, 0.05) is 20.1 Å². The average molecular weight is 504 g/mol. The molecule has 0 amide bonds. The molecule has 0 N–H and O–H groups in total. The van der Waals surface area contributed by atoms with Gasteiger partial charge in [0.25, 0.3) is 0 Å². The Labute approximate surface area is 191 Å². The number of rotatable bonds is 3. The molecule has 0 fully saturated rings. The molecule has 30 heavy (non-hydrogen) atoms. The third-order valence-electron chi connectivity index (χ3n) is 4.57. The maximum Gasteiger partial charge on any atom is 0.343 e. The zero-order chi connectivity index (χ0) is 21.4. The van der Waals surface area contributed by atoms with Crippen LogP contribution in [0, 0.1) is 6.92 Å². The van der Waals surface area contributed by atoms with Gasteiger partial charge in [0.05, 0.1) is 11.1 Å². The van der Waals surface area contributed by atoms with Gasteiger partial charge in [-0.15, -0.1) is 0 Å². The first kappa shape index (κ1) is 20.7. The van der Waals surface area contributed by atoms with Crippen LogP contribution in [0.2, 0.25) is 10.0 Å². The molecule has 3 aromatic carbocycles. The molecular formula is C23H13BrCl2O4. The molecule has 0 bridgehead atoms. The lowest BCUT2D eigenvalue weighted by Crippen LogP contribution is -2.09. The van der Waals surface area contributed by atoms with E-state index in [0.29, 0.717) is 43.8 Å². The largest absolute Gasteiger partial charge is 0.452 e. The smallest absolute Gasteiger partial charge is 0.343 e. The average Bonchev–Trinajstić information content (AvgIpc) is 3.03. The number of ether oxygens (including phenoxy) is 2. The Morgan fingerprint density at radius 3 is 2.50 bits per heavy atom. The molecule has 150 valence electrons. The molecule has 4 rings (SSSR count). The van der Waals surface area contributed by atoms with E-state index in [-0.39, 0.29) is 11.5 Å². The molecule has 0 atom stereocenters. The van der Waals surface area contributed by atoms with Crippen LogP contribution in [0.3, 0.4) is 0 Å². The van der Waals surface area contributed by atoms with Crippen molar-refractivity contribution in [3.8, 4) is 11.5 Å². The van der Waals surface area contributed by atoms with Gasteiger partial charge in [-0.05, 0) is 67.1 Å². The molecule has 0 spiro atoms. The van der Waals surface area contributed by atoms with Crippen LogP contribution in [-0.4, -0.2) is 11.8 Å². The van der Waals surface area contributed by atoms with Gasteiger partial charge >= 0.3 is 5.97 Å². The molecule has 4 nitrogen and oxygen atoms in total. The van der Waals surface area contributed by atoms with Gasteiger partial charge in [-0.1, -0.05) is 45.2 Å². The SMILES string of the molecule is Cc1c(OC(=O)c2ccc(Br)cc2)ccc2c1O/C(=C\c1ccc(Cl)cc1Cl)C2=O. The highest BCUT2D eigenvalue weighted by Gasteiger charge is 2.30. The van der Waals surface area contributed by atoms with E-state index in [2.05, 4.69) is 15.9 Å². The number of hydrogen-bond acceptors (Lipinski definition) is 4. The molecule has 1 heterocycles. The summed E-state index contributed by atoms with van der Waals surface area (Å²) in [6, 6.07) is 15.0. The van der Waals surface area contributed by atoms with Gasteiger partial charge in [0.15, 0.2) is 5.76 Å². The van der Waals surface area contributed by atoms with Crippen LogP contribution in [0.15, 0.2) is 64.8 Å². The molecule has 0 saturated heterocycles. The summed E-state index contributed by atoms with van der Waals surface area (Å²) in [4.78, 5) is 25.2. The second-order valence-electron chi connectivity index (χ2n) is 6.57. The van der Waals surface area contributed by atoms with Crippen LogP contribution >= 0.6 is 39.1 Å². The number of allylic oxidation sites excluding steroid dienone is 1. The first-order chi connectivity index (χ1) is 14.3. The molecule has 3 aromatic rings. The first-order valence-corrected chi connectivity index (χ1v) is 10.4. The number of hydrogen-bond donors (Lipinski definition) is 0. The maximum atomic E-state index is 12.7. The van der Waals surface area contributed by atoms with Gasteiger partial charge in [0.1, 0.15) is 11.5 Å². The van der Waals surface area contributed by atoms with Crippen molar-refractivity contribution in [2.24, 2.45) is 0 Å². The summed E-state index contributed by atoms with van der Waals surface area (Å²) >= 11 is 15.4. The van der Waals surface area contributed by atoms with E-state index in [9.17, 15) is 9.59 Å². The van der Waals surface area contributed by atoms with Crippen LogP contribution < -0.4 is 9.47 Å². The highest BCUT2D eigenvalue weighted by Crippen LogP contribution is 2.40. The second kappa shape index (κ2) is 8.26. The van der Waals surface area contributed by atoms with E-state index in [1.807, 2.05) is 0 Å². The Hall–Kier alpha value is -2.60. The molecule has 0 radical (unpaired) electrons. The van der Waals surface area contributed by atoms with E-state index in [4.69, 9.17) is 32.7 Å². The third kappa shape index (κ3) is 4.01. The zero-order valence-electron chi connectivity index (χ0n) is 15.5. The minimum Gasteiger partial charge on any atom is -0.452 e. The van der Waals surface area contributed by atoms with Crippen molar-refractivity contribution >= 4 is 57.0 Å². The summed E-state index contributed by atoms with van der Waals surface area (Å²) in [5, 5.41) is 0.903. The number of ketones is 1. The molecule has 1 aliphatic heterocycles. The molecule has 0 aromatic heterocycles. The lowest BCUT2D eigenvalue weighted by Gasteiger charge is -2.10. The third-order valence-corrected chi connectivity index (χ3v) is 5.66. The van der Waals surface area contributed by atoms with Crippen LogP contribution in [0.25, 0.3) is 6.08 Å². The normalized spacial score (nSPS) is 13.9. The van der Waals surface area contributed by atoms with E-state index >= 15 is 0 Å². The summed E-state index contributed by atoms with van der Waals surface area (Å²) in [5.74, 6) is 0.0369. The first-order valence-electron chi connectivity index (χ1n) is 8.84. The molecule has 0 aliphatic carbocycles. The summed E-state index contributed by atoms with van der Waals surface area (Å²) in [7, 11) is 0. The Kier molecular flexibility index (Phi) is 5.69. The molecule has 0 unspecified atom stereocenters. The summed E-state index contributed by atoms with van der Waals surface area (Å²) in [6.45, 7) is 1.73. The quantitative estimate of drug-likeness (QED) is 0.221. The lowest BCUT2D eigenvalue weighted by atomic mass is 10.1. The molecule has 0 saturated carbocycles. The van der Waals surface area contributed by atoms with Crippen molar-refractivity contribution in [1.82, 2.24) is 0 Å². The zero-order valence-corrected chi connectivity index (χ0v) is 18.6. The number of esters is 1. The van der Waals surface area contributed by atoms with E-state index in [1.54, 1.807) is 67.6 Å². The van der Waals surface area contributed by atoms with Gasteiger partial charge in [0.2, 0.25) is 5.78 Å². The fraction of sp³-hybridized carbons (Fsp3) is 0.0435. The number of carbonyl (C=O) groups is 2. The van der Waals surface area contributed by atoms with E-state index in [1.165, 1.54) is 0 Å². The highest BCUT2D eigenvalue weighted by atomic mass is 79.9. The summed E-state index contributed by atoms with van der Waals surface area (Å²) < 4.78 is 12.2. The predicted octanol–water partition coefficient (Wildman–Crippen LogP) is 6.90. The fourth-order valence-corrected chi connectivity index (χ4v) is 3.71. The number of Topliss-reactive ketones (excluding diaryl/α,β-unsaturated/α-hetero) is 1. The minimum absolute atomic E-state index is 0.133. The van der Waals surface area contributed by atoms with E-state index < -0.39 is 5.97 Å².